The van der Waals surface area contributed by atoms with E-state index in [-0.39, 0.29) is 23.6 Å². The minimum absolute atomic E-state index is 0.0306. The molecular weight excluding hydrogens is 362 g/mol. The zero-order chi connectivity index (χ0) is 19.3. The summed E-state index contributed by atoms with van der Waals surface area (Å²) in [5.74, 6) is -1.36. The van der Waals surface area contributed by atoms with Crippen LogP contribution in [0.2, 0.25) is 0 Å². The Morgan fingerprint density at radius 1 is 1.27 bits per heavy atom. The van der Waals surface area contributed by atoms with Gasteiger partial charge in [0.25, 0.3) is 11.8 Å². The molecule has 1 unspecified atom stereocenters. The van der Waals surface area contributed by atoms with Gasteiger partial charge < -0.3 is 9.64 Å². The molecule has 1 fully saturated rings. The molecule has 0 aromatic carbocycles. The molecule has 0 aliphatic carbocycles. The molecule has 0 bridgehead atoms. The maximum Gasteiger partial charge on any atom is 0.410 e. The number of alkyl halides is 1. The molecule has 3 amide bonds. The fourth-order valence-electron chi connectivity index (χ4n) is 2.40. The van der Waals surface area contributed by atoms with Crippen molar-refractivity contribution >= 4 is 29.5 Å². The summed E-state index contributed by atoms with van der Waals surface area (Å²) in [5.41, 5.74) is 4.54. The van der Waals surface area contributed by atoms with E-state index in [1.54, 1.807) is 11.0 Å². The number of hydrogen-bond acceptors (Lipinski definition) is 6. The lowest BCUT2D eigenvalue weighted by molar-refractivity contribution is -0.119. The molecule has 1 aliphatic rings. The van der Waals surface area contributed by atoms with Gasteiger partial charge in [0.05, 0.1) is 5.69 Å². The lowest BCUT2D eigenvalue weighted by atomic mass is 10.0. The lowest BCUT2D eigenvalue weighted by Gasteiger charge is -2.24. The van der Waals surface area contributed by atoms with Gasteiger partial charge in [-0.25, -0.2) is 4.79 Å². The van der Waals surface area contributed by atoms with Gasteiger partial charge in [-0.1, -0.05) is 0 Å². The number of nitrogens with zero attached hydrogens (tertiary/aromatic N) is 3. The minimum Gasteiger partial charge on any atom is -0.444 e. The normalized spacial score (nSPS) is 16.9. The Hall–Kier alpha value is -2.42. The summed E-state index contributed by atoms with van der Waals surface area (Å²) < 4.78 is 5.37. The second-order valence-corrected chi connectivity index (χ2v) is 7.16. The van der Waals surface area contributed by atoms with Crippen LogP contribution >= 0.6 is 11.6 Å². The number of likely N-dealkylation sites (tertiary alicyclic amines) is 1. The van der Waals surface area contributed by atoms with E-state index in [9.17, 15) is 14.4 Å². The molecule has 1 aromatic heterocycles. The van der Waals surface area contributed by atoms with Crippen LogP contribution in [0.4, 0.5) is 4.79 Å². The standard InChI is InChI=1S/C16H22ClN5O4/c1-16(2,3)26-15(25)22-7-6-10(9-22)11-4-5-12(19-18-11)14(24)21-20-13(23)8-17/h4-5,10H,6-9H2,1-3H3,(H,20,23)(H,21,24). The van der Waals surface area contributed by atoms with Crippen LogP contribution < -0.4 is 10.9 Å². The predicted molar refractivity (Wildman–Crippen MR) is 93.5 cm³/mol. The third-order valence-electron chi connectivity index (χ3n) is 3.61. The van der Waals surface area contributed by atoms with Crippen molar-refractivity contribution in [1.29, 1.82) is 0 Å². The van der Waals surface area contributed by atoms with Crippen molar-refractivity contribution < 1.29 is 19.1 Å². The average molecular weight is 384 g/mol. The van der Waals surface area contributed by atoms with Crippen molar-refractivity contribution in [2.45, 2.75) is 38.7 Å². The summed E-state index contributed by atoms with van der Waals surface area (Å²) in [6.45, 7) is 6.53. The largest absolute Gasteiger partial charge is 0.444 e. The first kappa shape index (κ1) is 19.9. The molecule has 0 spiro atoms. The first-order valence-electron chi connectivity index (χ1n) is 8.16. The first-order valence-corrected chi connectivity index (χ1v) is 8.70. The van der Waals surface area contributed by atoms with Gasteiger partial charge in [-0.05, 0) is 39.3 Å². The van der Waals surface area contributed by atoms with Gasteiger partial charge in [0.1, 0.15) is 11.5 Å². The number of rotatable bonds is 3. The van der Waals surface area contributed by atoms with Gasteiger partial charge >= 0.3 is 6.09 Å². The maximum absolute atomic E-state index is 12.1. The molecule has 1 saturated heterocycles. The van der Waals surface area contributed by atoms with Crippen LogP contribution in [0.5, 0.6) is 0 Å². The monoisotopic (exact) mass is 383 g/mol. The molecule has 2 rings (SSSR count). The molecule has 0 radical (unpaired) electrons. The molecule has 1 atom stereocenters. The van der Waals surface area contributed by atoms with E-state index in [4.69, 9.17) is 16.3 Å². The van der Waals surface area contributed by atoms with Gasteiger partial charge in [-0.2, -0.15) is 5.10 Å². The maximum atomic E-state index is 12.1. The number of nitrogens with one attached hydrogen (secondary N) is 2. The van der Waals surface area contributed by atoms with E-state index in [1.807, 2.05) is 20.8 Å². The third kappa shape index (κ3) is 5.55. The molecule has 2 N–H and O–H groups in total. The highest BCUT2D eigenvalue weighted by Crippen LogP contribution is 2.26. The van der Waals surface area contributed by atoms with Crippen molar-refractivity contribution in [3.8, 4) is 0 Å². The highest BCUT2D eigenvalue weighted by molar-refractivity contribution is 6.27. The molecule has 26 heavy (non-hydrogen) atoms. The summed E-state index contributed by atoms with van der Waals surface area (Å²) in [5, 5.41) is 7.94. The molecule has 9 nitrogen and oxygen atoms in total. The summed E-state index contributed by atoms with van der Waals surface area (Å²) >= 11 is 5.32. The SMILES string of the molecule is CC(C)(C)OC(=O)N1CCC(c2ccc(C(=O)NNC(=O)CCl)nn2)C1. The fraction of sp³-hybridized carbons (Fsp3) is 0.562. The van der Waals surface area contributed by atoms with E-state index < -0.39 is 17.4 Å². The predicted octanol–water partition coefficient (Wildman–Crippen LogP) is 1.20. The molecule has 10 heteroatoms. The number of hydrogen-bond donors (Lipinski definition) is 2. The molecule has 2 heterocycles. The Morgan fingerprint density at radius 3 is 2.58 bits per heavy atom. The van der Waals surface area contributed by atoms with Crippen LogP contribution in [-0.2, 0) is 9.53 Å². The van der Waals surface area contributed by atoms with E-state index in [1.165, 1.54) is 6.07 Å². The van der Waals surface area contributed by atoms with Crippen molar-refractivity contribution in [1.82, 2.24) is 25.9 Å². The topological polar surface area (TPSA) is 114 Å². The van der Waals surface area contributed by atoms with Crippen LogP contribution in [-0.4, -0.2) is 57.6 Å². The zero-order valence-electron chi connectivity index (χ0n) is 14.9. The second kappa shape index (κ2) is 8.31. The fourth-order valence-corrected chi connectivity index (χ4v) is 2.47. The van der Waals surface area contributed by atoms with Gasteiger partial charge in [-0.3, -0.25) is 20.4 Å². The lowest BCUT2D eigenvalue weighted by Crippen LogP contribution is -2.42. The van der Waals surface area contributed by atoms with Crippen LogP contribution in [0.3, 0.4) is 0 Å². The van der Waals surface area contributed by atoms with Crippen LogP contribution in [0.1, 0.15) is 49.3 Å². The number of amides is 3. The van der Waals surface area contributed by atoms with Crippen molar-refractivity contribution in [2.75, 3.05) is 19.0 Å². The molecular formula is C16H22ClN5O4. The van der Waals surface area contributed by atoms with E-state index in [0.717, 1.165) is 6.42 Å². The number of carbonyl (C=O) groups is 3. The highest BCUT2D eigenvalue weighted by Gasteiger charge is 2.31. The average Bonchev–Trinajstić information content (AvgIpc) is 3.08. The van der Waals surface area contributed by atoms with Crippen LogP contribution in [0.25, 0.3) is 0 Å². The highest BCUT2D eigenvalue weighted by atomic mass is 35.5. The molecule has 142 valence electrons. The number of hydrazine groups is 1. The minimum atomic E-state index is -0.593. The number of carbonyl (C=O) groups excluding carboxylic acids is 3. The van der Waals surface area contributed by atoms with Gasteiger partial charge in [0.2, 0.25) is 0 Å². The summed E-state index contributed by atoms with van der Waals surface area (Å²) in [7, 11) is 0. The van der Waals surface area contributed by atoms with E-state index >= 15 is 0 Å². The van der Waals surface area contributed by atoms with E-state index in [0.29, 0.717) is 18.8 Å². The summed E-state index contributed by atoms with van der Waals surface area (Å²) in [6.07, 6.45) is 0.393. The Balaban J connectivity index is 1.92. The van der Waals surface area contributed by atoms with Gasteiger partial charge in [0, 0.05) is 19.0 Å². The van der Waals surface area contributed by atoms with Gasteiger partial charge in [-0.15, -0.1) is 16.7 Å². The van der Waals surface area contributed by atoms with Crippen LogP contribution in [0.15, 0.2) is 12.1 Å². The number of halogens is 1. The summed E-state index contributed by atoms with van der Waals surface area (Å²) in [4.78, 5) is 36.6. The zero-order valence-corrected chi connectivity index (χ0v) is 15.7. The first-order chi connectivity index (χ1) is 12.2. The second-order valence-electron chi connectivity index (χ2n) is 6.89. The molecule has 1 aliphatic heterocycles. The Morgan fingerprint density at radius 2 is 2.00 bits per heavy atom. The van der Waals surface area contributed by atoms with Crippen molar-refractivity contribution in [2.24, 2.45) is 0 Å². The molecule has 1 aromatic rings. The Labute approximate surface area is 156 Å². The van der Waals surface area contributed by atoms with Crippen molar-refractivity contribution in [3.63, 3.8) is 0 Å². The van der Waals surface area contributed by atoms with Crippen LogP contribution in [0, 0.1) is 0 Å². The summed E-state index contributed by atoms with van der Waals surface area (Å²) in [6, 6.07) is 3.20. The Kier molecular flexibility index (Phi) is 6.36. The third-order valence-corrected chi connectivity index (χ3v) is 3.86. The van der Waals surface area contributed by atoms with Gasteiger partial charge in [0.15, 0.2) is 5.69 Å². The quantitative estimate of drug-likeness (QED) is 0.599. The number of aromatic nitrogens is 2. The molecule has 0 saturated carbocycles. The smallest absolute Gasteiger partial charge is 0.410 e. The Bertz CT molecular complexity index is 674. The van der Waals surface area contributed by atoms with E-state index in [2.05, 4.69) is 21.0 Å². The van der Waals surface area contributed by atoms with Crippen molar-refractivity contribution in [3.05, 3.63) is 23.5 Å². The number of ether oxygens (including phenoxy) is 1.